The van der Waals surface area contributed by atoms with E-state index in [2.05, 4.69) is 4.74 Å². The van der Waals surface area contributed by atoms with Gasteiger partial charge >= 0.3 is 21.5 Å². The molecule has 1 N–H and O–H groups in total. The van der Waals surface area contributed by atoms with Crippen LogP contribution in [0.3, 0.4) is 0 Å². The highest BCUT2D eigenvalue weighted by molar-refractivity contribution is 7.90. The summed E-state index contributed by atoms with van der Waals surface area (Å²) in [6, 6.07) is 0. The van der Waals surface area contributed by atoms with Gasteiger partial charge in [0.25, 0.3) is 0 Å². The third-order valence-electron chi connectivity index (χ3n) is 0.949. The number of hydrogen-bond acceptors (Lipinski definition) is 4. The monoisotopic (exact) mass is 233 g/mol. The van der Waals surface area contributed by atoms with Crippen molar-refractivity contribution in [2.45, 2.75) is 5.51 Å². The number of rotatable bonds is 3. The minimum Gasteiger partial charge on any atom is -0.466 e. The Morgan fingerprint density at radius 2 is 1.93 bits per heavy atom. The molecule has 0 aliphatic heterocycles. The molecule has 0 amide bonds. The van der Waals surface area contributed by atoms with E-state index in [1.807, 2.05) is 0 Å². The number of carbonyl (C=O) groups is 1. The number of carbonyl (C=O) groups excluding carboxylic acids is 1. The first kappa shape index (κ1) is 12.8. The molecule has 0 aromatic carbocycles. The second-order valence-corrected chi connectivity index (χ2v) is 3.63. The zero-order valence-corrected chi connectivity index (χ0v) is 7.65. The quantitative estimate of drug-likeness (QED) is 0.554. The molecule has 0 radical (unpaired) electrons. The zero-order chi connectivity index (χ0) is 11.4. The molecule has 0 aromatic rings. The summed E-state index contributed by atoms with van der Waals surface area (Å²) < 4.78 is 60.5. The molecule has 9 heteroatoms. The van der Waals surface area contributed by atoms with E-state index in [-0.39, 0.29) is 0 Å². The highest BCUT2D eigenvalue weighted by Gasteiger charge is 2.45. The van der Waals surface area contributed by atoms with Gasteiger partial charge in [0, 0.05) is 12.3 Å². The van der Waals surface area contributed by atoms with Gasteiger partial charge in [0.05, 0.1) is 7.11 Å². The lowest BCUT2D eigenvalue weighted by atomic mass is 10.6. The van der Waals surface area contributed by atoms with Gasteiger partial charge < -0.3 is 4.74 Å². The Bertz CT molecular complexity index is 331. The number of esters is 1. The van der Waals surface area contributed by atoms with Crippen LogP contribution in [0.2, 0.25) is 0 Å². The summed E-state index contributed by atoms with van der Waals surface area (Å²) in [5.41, 5.74) is -5.41. The van der Waals surface area contributed by atoms with Crippen LogP contribution in [0, 0.1) is 0 Å². The average molecular weight is 233 g/mol. The number of alkyl halides is 3. The van der Waals surface area contributed by atoms with Gasteiger partial charge in [-0.1, -0.05) is 0 Å². The molecule has 5 nitrogen and oxygen atoms in total. The fourth-order valence-electron chi connectivity index (χ4n) is 0.326. The standard InChI is InChI=1S/C5H6F3NO4S/c1-13-4(10)2-3-9-14(11,12)5(6,7)8/h2-3,9H,1H3. The number of hydrogen-bond donors (Lipinski definition) is 1. The Morgan fingerprint density at radius 1 is 1.43 bits per heavy atom. The molecule has 0 heterocycles. The molecule has 0 atom stereocenters. The van der Waals surface area contributed by atoms with E-state index in [1.165, 1.54) is 0 Å². The predicted octanol–water partition coefficient (Wildman–Crippen LogP) is 0.112. The molecular formula is C5H6F3NO4S. The normalized spacial score (nSPS) is 12.9. The van der Waals surface area contributed by atoms with E-state index in [1.54, 1.807) is 0 Å². The van der Waals surface area contributed by atoms with Crippen molar-refractivity contribution in [3.05, 3.63) is 12.3 Å². The zero-order valence-electron chi connectivity index (χ0n) is 6.83. The van der Waals surface area contributed by atoms with Crippen LogP contribution >= 0.6 is 0 Å². The van der Waals surface area contributed by atoms with Gasteiger partial charge in [0.1, 0.15) is 0 Å². The lowest BCUT2D eigenvalue weighted by molar-refractivity contribution is -0.134. The first-order chi connectivity index (χ1) is 6.20. The van der Waals surface area contributed by atoms with Crippen molar-refractivity contribution < 1.29 is 31.1 Å². The van der Waals surface area contributed by atoms with Crippen molar-refractivity contribution in [1.29, 1.82) is 0 Å². The highest BCUT2D eigenvalue weighted by atomic mass is 32.2. The Kier molecular flexibility index (Phi) is 3.93. The number of ether oxygens (including phenoxy) is 1. The van der Waals surface area contributed by atoms with Crippen LogP contribution in [0.4, 0.5) is 13.2 Å². The van der Waals surface area contributed by atoms with Crippen molar-refractivity contribution >= 4 is 16.0 Å². The van der Waals surface area contributed by atoms with E-state index in [0.717, 1.165) is 11.8 Å². The van der Waals surface area contributed by atoms with Gasteiger partial charge in [-0.3, -0.25) is 4.72 Å². The summed E-state index contributed by atoms with van der Waals surface area (Å²) in [5.74, 6) is -0.977. The van der Waals surface area contributed by atoms with Crippen molar-refractivity contribution in [2.24, 2.45) is 0 Å². The topological polar surface area (TPSA) is 72.5 Å². The lowest BCUT2D eigenvalue weighted by Gasteiger charge is -2.06. The fraction of sp³-hybridized carbons (Fsp3) is 0.400. The molecule has 0 aliphatic carbocycles. The van der Waals surface area contributed by atoms with Gasteiger partial charge in [0.15, 0.2) is 0 Å². The maximum absolute atomic E-state index is 11.6. The molecule has 82 valence electrons. The number of halogens is 3. The molecule has 0 saturated carbocycles. The van der Waals surface area contributed by atoms with Crippen LogP contribution in [0.5, 0.6) is 0 Å². The first-order valence-corrected chi connectivity index (χ1v) is 4.52. The smallest absolute Gasteiger partial charge is 0.466 e. The van der Waals surface area contributed by atoms with Gasteiger partial charge in [-0.25, -0.2) is 4.79 Å². The van der Waals surface area contributed by atoms with Crippen LogP contribution in [0.25, 0.3) is 0 Å². The molecule has 0 fully saturated rings. The summed E-state index contributed by atoms with van der Waals surface area (Å²) in [6.45, 7) is 0. The summed E-state index contributed by atoms with van der Waals surface area (Å²) in [4.78, 5) is 10.3. The maximum atomic E-state index is 11.6. The summed E-state index contributed by atoms with van der Waals surface area (Å²) in [5, 5.41) is 0. The first-order valence-electron chi connectivity index (χ1n) is 3.04. The largest absolute Gasteiger partial charge is 0.516 e. The summed E-state index contributed by atoms with van der Waals surface area (Å²) in [7, 11) is -4.46. The Hall–Kier alpha value is -1.25. The molecular weight excluding hydrogens is 227 g/mol. The second-order valence-electron chi connectivity index (χ2n) is 1.92. The van der Waals surface area contributed by atoms with E-state index in [9.17, 15) is 26.4 Å². The minimum atomic E-state index is -5.45. The lowest BCUT2D eigenvalue weighted by Crippen LogP contribution is -2.33. The molecule has 0 aliphatic rings. The Morgan fingerprint density at radius 3 is 2.29 bits per heavy atom. The second kappa shape index (κ2) is 4.31. The van der Waals surface area contributed by atoms with Crippen molar-refractivity contribution in [3.8, 4) is 0 Å². The predicted molar refractivity (Wildman–Crippen MR) is 39.3 cm³/mol. The number of nitrogens with one attached hydrogen (secondary N) is 1. The van der Waals surface area contributed by atoms with E-state index < -0.39 is 21.5 Å². The van der Waals surface area contributed by atoms with E-state index in [4.69, 9.17) is 0 Å². The van der Waals surface area contributed by atoms with Crippen LogP contribution in [0.1, 0.15) is 0 Å². The molecule has 14 heavy (non-hydrogen) atoms. The van der Waals surface area contributed by atoms with Gasteiger partial charge in [-0.05, 0) is 0 Å². The fourth-order valence-corrected chi connectivity index (χ4v) is 0.707. The molecule has 0 spiro atoms. The highest BCUT2D eigenvalue weighted by Crippen LogP contribution is 2.21. The van der Waals surface area contributed by atoms with Crippen molar-refractivity contribution in [2.75, 3.05) is 7.11 Å². The van der Waals surface area contributed by atoms with Gasteiger partial charge in [0.2, 0.25) is 0 Å². The molecule has 0 saturated heterocycles. The Balaban J connectivity index is 4.43. The van der Waals surface area contributed by atoms with E-state index >= 15 is 0 Å². The summed E-state index contributed by atoms with van der Waals surface area (Å²) in [6.07, 6.45) is 0.831. The maximum Gasteiger partial charge on any atom is 0.516 e. The number of sulfonamides is 1. The average Bonchev–Trinajstić information content (AvgIpc) is 2.01. The SMILES string of the molecule is COC(=O)C=CNS(=O)(=O)C(F)(F)F. The Labute approximate surface area is 77.6 Å². The minimum absolute atomic E-state index is 0.328. The van der Waals surface area contributed by atoms with Gasteiger partial charge in [-0.2, -0.15) is 21.6 Å². The number of methoxy groups -OCH3 is 1. The molecule has 0 rings (SSSR count). The van der Waals surface area contributed by atoms with Crippen molar-refractivity contribution in [1.82, 2.24) is 4.72 Å². The van der Waals surface area contributed by atoms with Crippen LogP contribution in [-0.4, -0.2) is 27.0 Å². The van der Waals surface area contributed by atoms with Crippen LogP contribution in [-0.2, 0) is 19.6 Å². The molecule has 0 aromatic heterocycles. The molecule has 0 unspecified atom stereocenters. The third-order valence-corrected chi connectivity index (χ3v) is 2.00. The van der Waals surface area contributed by atoms with Crippen LogP contribution < -0.4 is 4.72 Å². The van der Waals surface area contributed by atoms with E-state index in [0.29, 0.717) is 12.3 Å². The third kappa shape index (κ3) is 3.64. The summed E-state index contributed by atoms with van der Waals surface area (Å²) >= 11 is 0. The van der Waals surface area contributed by atoms with Crippen molar-refractivity contribution in [3.63, 3.8) is 0 Å². The van der Waals surface area contributed by atoms with Crippen LogP contribution in [0.15, 0.2) is 12.3 Å². The van der Waals surface area contributed by atoms with Gasteiger partial charge in [-0.15, -0.1) is 0 Å². The molecule has 0 bridgehead atoms.